The largest absolute Gasteiger partial charge is 0.490 e. The van der Waals surface area contributed by atoms with E-state index >= 15 is 0 Å². The number of allylic oxidation sites excluding steroid dienone is 1. The predicted molar refractivity (Wildman–Crippen MR) is 114 cm³/mol. The average molecular weight is 407 g/mol. The highest BCUT2D eigenvalue weighted by molar-refractivity contribution is 6.30. The van der Waals surface area contributed by atoms with Crippen molar-refractivity contribution in [3.63, 3.8) is 0 Å². The second-order valence-electron chi connectivity index (χ2n) is 7.06. The molecule has 1 fully saturated rings. The van der Waals surface area contributed by atoms with Crippen molar-refractivity contribution in [3.05, 3.63) is 64.2 Å². The van der Waals surface area contributed by atoms with Gasteiger partial charge < -0.3 is 9.47 Å². The number of hydrogen-bond donors (Lipinski definition) is 0. The minimum Gasteiger partial charge on any atom is -0.490 e. The number of ether oxygens (including phenoxy) is 2. The Morgan fingerprint density at radius 1 is 0.966 bits per heavy atom. The highest BCUT2D eigenvalue weighted by Crippen LogP contribution is 2.33. The van der Waals surface area contributed by atoms with Gasteiger partial charge in [-0.3, -0.25) is 0 Å². The molecule has 0 bridgehead atoms. The molecule has 5 heteroatoms. The first kappa shape index (κ1) is 20.8. The average Bonchev–Trinajstić information content (AvgIpc) is 2.77. The van der Waals surface area contributed by atoms with Crippen molar-refractivity contribution >= 4 is 17.7 Å². The van der Waals surface area contributed by atoms with Gasteiger partial charge in [0.05, 0.1) is 0 Å². The summed E-state index contributed by atoms with van der Waals surface area (Å²) in [6.45, 7) is 0.721. The molecule has 0 aliphatic heterocycles. The number of rotatable bonds is 7. The first-order valence-electron chi connectivity index (χ1n) is 9.86. The fourth-order valence-electron chi connectivity index (χ4n) is 3.59. The molecule has 148 valence electrons. The first-order chi connectivity index (χ1) is 14.2. The highest BCUT2D eigenvalue weighted by Gasteiger charge is 2.15. The maximum atomic E-state index is 8.96. The highest BCUT2D eigenvalue weighted by atomic mass is 35.5. The van der Waals surface area contributed by atoms with Gasteiger partial charge in [-0.05, 0) is 60.7 Å². The first-order valence-corrected chi connectivity index (χ1v) is 10.2. The van der Waals surface area contributed by atoms with Gasteiger partial charge in [-0.25, -0.2) is 0 Å². The summed E-state index contributed by atoms with van der Waals surface area (Å²) >= 11 is 6.02. The fraction of sp³-hybridized carbons (Fsp3) is 0.333. The Labute approximate surface area is 176 Å². The zero-order chi connectivity index (χ0) is 20.5. The summed E-state index contributed by atoms with van der Waals surface area (Å²) in [5.41, 5.74) is 1.98. The van der Waals surface area contributed by atoms with Crippen LogP contribution in [-0.2, 0) is 0 Å². The molecule has 0 amide bonds. The zero-order valence-electron chi connectivity index (χ0n) is 16.2. The minimum absolute atomic E-state index is 0.00794. The van der Waals surface area contributed by atoms with Crippen molar-refractivity contribution in [1.29, 1.82) is 10.5 Å². The maximum absolute atomic E-state index is 8.96. The van der Waals surface area contributed by atoms with Gasteiger partial charge in [0, 0.05) is 10.6 Å². The molecule has 1 aliphatic carbocycles. The zero-order valence-corrected chi connectivity index (χ0v) is 17.0. The molecule has 0 saturated heterocycles. The minimum atomic E-state index is -0.00794. The lowest BCUT2D eigenvalue weighted by atomic mass is 9.84. The monoisotopic (exact) mass is 406 g/mol. The molecule has 0 heterocycles. The van der Waals surface area contributed by atoms with Crippen LogP contribution < -0.4 is 9.47 Å². The molecule has 2 aromatic carbocycles. The predicted octanol–water partition coefficient (Wildman–Crippen LogP) is 6.28. The van der Waals surface area contributed by atoms with E-state index < -0.39 is 0 Å². The molecular formula is C24H23ClN2O2. The molecule has 0 spiro atoms. The third-order valence-electron chi connectivity index (χ3n) is 5.08. The quantitative estimate of drug-likeness (QED) is 0.401. The van der Waals surface area contributed by atoms with E-state index in [0.29, 0.717) is 35.5 Å². The van der Waals surface area contributed by atoms with Crippen LogP contribution in [0.25, 0.3) is 6.08 Å². The molecule has 0 aromatic heterocycles. The van der Waals surface area contributed by atoms with Crippen LogP contribution in [0.4, 0.5) is 0 Å². The van der Waals surface area contributed by atoms with Gasteiger partial charge in [0.1, 0.15) is 42.4 Å². The summed E-state index contributed by atoms with van der Waals surface area (Å²) < 4.78 is 11.6. The van der Waals surface area contributed by atoms with E-state index in [1.54, 1.807) is 18.2 Å². The summed E-state index contributed by atoms with van der Waals surface area (Å²) in [7, 11) is 0. The fourth-order valence-corrected chi connectivity index (χ4v) is 3.77. The summed E-state index contributed by atoms with van der Waals surface area (Å²) in [6.07, 6.45) is 8.04. The molecule has 0 radical (unpaired) electrons. The second-order valence-corrected chi connectivity index (χ2v) is 7.50. The van der Waals surface area contributed by atoms with E-state index in [4.69, 9.17) is 31.6 Å². The van der Waals surface area contributed by atoms with Crippen molar-refractivity contribution in [1.82, 2.24) is 0 Å². The Balaban J connectivity index is 1.54. The van der Waals surface area contributed by atoms with Crippen LogP contribution in [-0.4, -0.2) is 13.2 Å². The number of nitriles is 2. The lowest BCUT2D eigenvalue weighted by Crippen LogP contribution is -2.10. The van der Waals surface area contributed by atoms with E-state index in [-0.39, 0.29) is 5.57 Å². The number of benzene rings is 2. The topological polar surface area (TPSA) is 66.0 Å². The van der Waals surface area contributed by atoms with Crippen LogP contribution in [0.2, 0.25) is 5.02 Å². The van der Waals surface area contributed by atoms with E-state index in [1.807, 2.05) is 24.3 Å². The molecule has 29 heavy (non-hydrogen) atoms. The summed E-state index contributed by atoms with van der Waals surface area (Å²) in [5, 5.41) is 18.4. The van der Waals surface area contributed by atoms with Crippen molar-refractivity contribution < 1.29 is 9.47 Å². The van der Waals surface area contributed by atoms with Crippen LogP contribution >= 0.6 is 11.6 Å². The summed E-state index contributed by atoms with van der Waals surface area (Å²) in [5.74, 6) is 2.05. The Hall–Kier alpha value is -2.95. The van der Waals surface area contributed by atoms with E-state index in [2.05, 4.69) is 12.1 Å². The summed E-state index contributed by atoms with van der Waals surface area (Å²) in [6, 6.07) is 17.1. The standard InChI is InChI=1S/C24H23ClN2O2/c25-22-8-11-24(21(15-22)14-18(16-26)17-27)29-13-12-28-23-9-6-20(7-10-23)19-4-2-1-3-5-19/h6-11,14-15,19H,1-5,12-13H2. The van der Waals surface area contributed by atoms with Gasteiger partial charge in [-0.15, -0.1) is 0 Å². The van der Waals surface area contributed by atoms with E-state index in [1.165, 1.54) is 43.7 Å². The maximum Gasteiger partial charge on any atom is 0.130 e. The molecule has 1 saturated carbocycles. The molecule has 4 nitrogen and oxygen atoms in total. The van der Waals surface area contributed by atoms with Crippen LogP contribution in [0.15, 0.2) is 48.0 Å². The molecular weight excluding hydrogens is 384 g/mol. The lowest BCUT2D eigenvalue weighted by molar-refractivity contribution is 0.217. The Bertz CT molecular complexity index is 917. The van der Waals surface area contributed by atoms with E-state index in [9.17, 15) is 0 Å². The van der Waals surface area contributed by atoms with Gasteiger partial charge in [-0.2, -0.15) is 10.5 Å². The third-order valence-corrected chi connectivity index (χ3v) is 5.31. The SMILES string of the molecule is N#CC(C#N)=Cc1cc(Cl)ccc1OCCOc1ccc(C2CCCCC2)cc1. The molecule has 0 unspecified atom stereocenters. The number of nitrogens with zero attached hydrogens (tertiary/aromatic N) is 2. The van der Waals surface area contributed by atoms with Gasteiger partial charge in [0.25, 0.3) is 0 Å². The van der Waals surface area contributed by atoms with Gasteiger partial charge in [0.2, 0.25) is 0 Å². The Morgan fingerprint density at radius 2 is 1.66 bits per heavy atom. The van der Waals surface area contributed by atoms with Crippen molar-refractivity contribution in [2.45, 2.75) is 38.0 Å². The Morgan fingerprint density at radius 3 is 2.34 bits per heavy atom. The molecule has 0 atom stereocenters. The van der Waals surface area contributed by atoms with Crippen LogP contribution in [0, 0.1) is 22.7 Å². The van der Waals surface area contributed by atoms with Crippen molar-refractivity contribution in [2.24, 2.45) is 0 Å². The van der Waals surface area contributed by atoms with Crippen LogP contribution in [0.3, 0.4) is 0 Å². The third kappa shape index (κ3) is 6.01. The lowest BCUT2D eigenvalue weighted by Gasteiger charge is -2.22. The molecule has 3 rings (SSSR count). The number of hydrogen-bond acceptors (Lipinski definition) is 4. The normalized spacial score (nSPS) is 13.8. The second kappa shape index (κ2) is 10.6. The van der Waals surface area contributed by atoms with Gasteiger partial charge in [-0.1, -0.05) is 43.0 Å². The van der Waals surface area contributed by atoms with Gasteiger partial charge >= 0.3 is 0 Å². The summed E-state index contributed by atoms with van der Waals surface area (Å²) in [4.78, 5) is 0. The molecule has 2 aromatic rings. The molecule has 1 aliphatic rings. The number of halogens is 1. The van der Waals surface area contributed by atoms with E-state index in [0.717, 1.165) is 5.75 Å². The molecule has 0 N–H and O–H groups in total. The van der Waals surface area contributed by atoms with Crippen molar-refractivity contribution in [2.75, 3.05) is 13.2 Å². The van der Waals surface area contributed by atoms with Crippen molar-refractivity contribution in [3.8, 4) is 23.6 Å². The van der Waals surface area contributed by atoms with Gasteiger partial charge in [0.15, 0.2) is 0 Å². The van der Waals surface area contributed by atoms with Crippen LogP contribution in [0.1, 0.15) is 49.1 Å². The van der Waals surface area contributed by atoms with Crippen LogP contribution in [0.5, 0.6) is 11.5 Å². The Kier molecular flexibility index (Phi) is 7.56. The smallest absolute Gasteiger partial charge is 0.130 e.